The van der Waals surface area contributed by atoms with Crippen molar-refractivity contribution in [2.24, 2.45) is 11.8 Å². The molecule has 1 unspecified atom stereocenters. The largest absolute Gasteiger partial charge is 0.316 e. The fraction of sp³-hybridized carbons (Fsp3) is 0.533. The Bertz CT molecular complexity index is 499. The monoisotopic (exact) mass is 262 g/mol. The first-order valence-corrected chi connectivity index (χ1v) is 6.97. The van der Waals surface area contributed by atoms with Crippen molar-refractivity contribution in [3.8, 4) is 0 Å². The Morgan fingerprint density at radius 2 is 2.26 bits per heavy atom. The number of nitrogens with one attached hydrogen (secondary N) is 1. The quantitative estimate of drug-likeness (QED) is 0.883. The molecule has 0 spiro atoms. The van der Waals surface area contributed by atoms with E-state index in [1.807, 2.05) is 11.8 Å². The van der Waals surface area contributed by atoms with Gasteiger partial charge in [-0.25, -0.2) is 4.39 Å². The van der Waals surface area contributed by atoms with E-state index in [4.69, 9.17) is 0 Å². The van der Waals surface area contributed by atoms with E-state index in [-0.39, 0.29) is 17.6 Å². The van der Waals surface area contributed by atoms with Gasteiger partial charge in [-0.05, 0) is 55.6 Å². The summed E-state index contributed by atoms with van der Waals surface area (Å²) in [5, 5.41) is 3.21. The summed E-state index contributed by atoms with van der Waals surface area (Å²) in [5.74, 6) is 0.443. The van der Waals surface area contributed by atoms with Crippen LogP contribution in [0.3, 0.4) is 0 Å². The zero-order chi connectivity index (χ0) is 13.4. The predicted molar refractivity (Wildman–Crippen MR) is 72.6 cm³/mol. The minimum Gasteiger partial charge on any atom is -0.316 e. The minimum absolute atomic E-state index is 0.0391. The number of benzene rings is 1. The molecule has 1 atom stereocenters. The molecule has 1 N–H and O–H groups in total. The van der Waals surface area contributed by atoms with Crippen molar-refractivity contribution < 1.29 is 9.18 Å². The van der Waals surface area contributed by atoms with Crippen molar-refractivity contribution in [2.75, 3.05) is 24.5 Å². The molecule has 1 fully saturated rings. The Morgan fingerprint density at radius 1 is 1.47 bits per heavy atom. The predicted octanol–water partition coefficient (Wildman–Crippen LogP) is 1.96. The summed E-state index contributed by atoms with van der Waals surface area (Å²) < 4.78 is 13.3. The van der Waals surface area contributed by atoms with Gasteiger partial charge in [-0.2, -0.15) is 0 Å². The second-order valence-electron chi connectivity index (χ2n) is 5.57. The number of rotatable bonds is 2. The van der Waals surface area contributed by atoms with Crippen molar-refractivity contribution >= 4 is 11.6 Å². The van der Waals surface area contributed by atoms with Crippen LogP contribution in [0.25, 0.3) is 0 Å². The van der Waals surface area contributed by atoms with Crippen LogP contribution in [0.15, 0.2) is 18.2 Å². The number of carbonyl (C=O) groups is 1. The molecule has 3 nitrogen and oxygen atoms in total. The van der Waals surface area contributed by atoms with Crippen LogP contribution in [0.2, 0.25) is 0 Å². The molecule has 19 heavy (non-hydrogen) atoms. The third kappa shape index (κ3) is 2.25. The molecule has 0 aliphatic carbocycles. The second kappa shape index (κ2) is 4.93. The molecular formula is C15H19FN2O. The lowest BCUT2D eigenvalue weighted by Gasteiger charge is -2.37. The van der Waals surface area contributed by atoms with Crippen LogP contribution in [0.5, 0.6) is 0 Å². The van der Waals surface area contributed by atoms with Crippen molar-refractivity contribution in [3.05, 3.63) is 29.6 Å². The first-order valence-electron chi connectivity index (χ1n) is 6.97. The third-order valence-corrected chi connectivity index (χ3v) is 4.34. The Balaban J connectivity index is 1.84. The number of halogens is 1. The summed E-state index contributed by atoms with van der Waals surface area (Å²) in [6, 6.07) is 4.75. The van der Waals surface area contributed by atoms with E-state index in [2.05, 4.69) is 5.32 Å². The molecule has 4 heteroatoms. The SMILES string of the molecule is CC(C(=O)N1CCCc2cc(F)ccc21)C1CNC1. The van der Waals surface area contributed by atoms with Gasteiger partial charge in [-0.1, -0.05) is 6.92 Å². The first kappa shape index (κ1) is 12.6. The van der Waals surface area contributed by atoms with Gasteiger partial charge in [-0.3, -0.25) is 4.79 Å². The summed E-state index contributed by atoms with van der Waals surface area (Å²) in [7, 11) is 0. The molecule has 1 saturated heterocycles. The van der Waals surface area contributed by atoms with E-state index in [1.165, 1.54) is 6.07 Å². The highest BCUT2D eigenvalue weighted by Crippen LogP contribution is 2.30. The van der Waals surface area contributed by atoms with Crippen LogP contribution in [0, 0.1) is 17.7 Å². The van der Waals surface area contributed by atoms with Gasteiger partial charge in [0.15, 0.2) is 0 Å². The molecule has 2 aliphatic rings. The number of hydrogen-bond donors (Lipinski definition) is 1. The number of fused-ring (bicyclic) bond motifs is 1. The van der Waals surface area contributed by atoms with Gasteiger partial charge in [0.2, 0.25) is 5.91 Å². The molecule has 1 aromatic carbocycles. The van der Waals surface area contributed by atoms with Gasteiger partial charge < -0.3 is 10.2 Å². The van der Waals surface area contributed by atoms with Crippen molar-refractivity contribution in [1.29, 1.82) is 0 Å². The van der Waals surface area contributed by atoms with Crippen molar-refractivity contribution in [3.63, 3.8) is 0 Å². The molecule has 0 saturated carbocycles. The van der Waals surface area contributed by atoms with Gasteiger partial charge in [0.05, 0.1) is 0 Å². The molecule has 0 radical (unpaired) electrons. The highest BCUT2D eigenvalue weighted by atomic mass is 19.1. The lowest BCUT2D eigenvalue weighted by atomic mass is 9.87. The number of nitrogens with zero attached hydrogens (tertiary/aromatic N) is 1. The summed E-state index contributed by atoms with van der Waals surface area (Å²) in [5.41, 5.74) is 1.86. The van der Waals surface area contributed by atoms with Gasteiger partial charge in [0, 0.05) is 18.2 Å². The fourth-order valence-electron chi connectivity index (χ4n) is 2.91. The Hall–Kier alpha value is -1.42. The Morgan fingerprint density at radius 3 is 2.95 bits per heavy atom. The van der Waals surface area contributed by atoms with Crippen LogP contribution < -0.4 is 10.2 Å². The topological polar surface area (TPSA) is 32.3 Å². The standard InChI is InChI=1S/C15H19FN2O/c1-10(12-8-17-9-12)15(19)18-6-2-3-11-7-13(16)4-5-14(11)18/h4-5,7,10,12,17H,2-3,6,8-9H2,1H3. The van der Waals surface area contributed by atoms with Gasteiger partial charge in [0.25, 0.3) is 0 Å². The summed E-state index contributed by atoms with van der Waals surface area (Å²) >= 11 is 0. The van der Waals surface area contributed by atoms with E-state index in [0.29, 0.717) is 5.92 Å². The lowest BCUT2D eigenvalue weighted by molar-refractivity contribution is -0.124. The number of aryl methyl sites for hydroxylation is 1. The molecule has 0 bridgehead atoms. The summed E-state index contributed by atoms with van der Waals surface area (Å²) in [6.45, 7) is 4.61. The van der Waals surface area contributed by atoms with Crippen LogP contribution in [-0.4, -0.2) is 25.5 Å². The molecule has 1 amide bonds. The molecule has 1 aromatic rings. The number of amides is 1. The van der Waals surface area contributed by atoms with Gasteiger partial charge >= 0.3 is 0 Å². The molecule has 3 rings (SSSR count). The Labute approximate surface area is 112 Å². The van der Waals surface area contributed by atoms with Crippen LogP contribution >= 0.6 is 0 Å². The zero-order valence-corrected chi connectivity index (χ0v) is 11.2. The smallest absolute Gasteiger partial charge is 0.230 e. The van der Waals surface area contributed by atoms with Gasteiger partial charge in [0.1, 0.15) is 5.82 Å². The molecule has 2 aliphatic heterocycles. The van der Waals surface area contributed by atoms with Crippen molar-refractivity contribution in [2.45, 2.75) is 19.8 Å². The second-order valence-corrected chi connectivity index (χ2v) is 5.57. The molecule has 0 aromatic heterocycles. The average Bonchev–Trinajstić information content (AvgIpc) is 2.34. The van der Waals surface area contributed by atoms with Crippen LogP contribution in [0.1, 0.15) is 18.9 Å². The lowest BCUT2D eigenvalue weighted by Crippen LogP contribution is -2.51. The van der Waals surface area contributed by atoms with E-state index in [0.717, 1.165) is 43.7 Å². The molecular weight excluding hydrogens is 243 g/mol. The number of anilines is 1. The Kier molecular flexibility index (Phi) is 3.27. The maximum atomic E-state index is 13.3. The van der Waals surface area contributed by atoms with Crippen LogP contribution in [-0.2, 0) is 11.2 Å². The molecule has 2 heterocycles. The average molecular weight is 262 g/mol. The summed E-state index contributed by atoms with van der Waals surface area (Å²) in [6.07, 6.45) is 1.77. The van der Waals surface area contributed by atoms with Gasteiger partial charge in [-0.15, -0.1) is 0 Å². The highest BCUT2D eigenvalue weighted by molar-refractivity contribution is 5.96. The van der Waals surface area contributed by atoms with E-state index < -0.39 is 0 Å². The van der Waals surface area contributed by atoms with E-state index >= 15 is 0 Å². The molecule has 102 valence electrons. The minimum atomic E-state index is -0.218. The third-order valence-electron chi connectivity index (χ3n) is 4.34. The summed E-state index contributed by atoms with van der Waals surface area (Å²) in [4.78, 5) is 14.4. The highest BCUT2D eigenvalue weighted by Gasteiger charge is 2.33. The maximum absolute atomic E-state index is 13.3. The zero-order valence-electron chi connectivity index (χ0n) is 11.2. The normalized spacial score (nSPS) is 20.6. The van der Waals surface area contributed by atoms with E-state index in [1.54, 1.807) is 12.1 Å². The first-order chi connectivity index (χ1) is 9.16. The van der Waals surface area contributed by atoms with Crippen LogP contribution in [0.4, 0.5) is 10.1 Å². The van der Waals surface area contributed by atoms with E-state index in [9.17, 15) is 9.18 Å². The maximum Gasteiger partial charge on any atom is 0.230 e. The van der Waals surface area contributed by atoms with Crippen molar-refractivity contribution in [1.82, 2.24) is 5.32 Å². The number of hydrogen-bond acceptors (Lipinski definition) is 2. The fourth-order valence-corrected chi connectivity index (χ4v) is 2.91. The number of carbonyl (C=O) groups excluding carboxylic acids is 1.